The van der Waals surface area contributed by atoms with Crippen molar-refractivity contribution in [3.8, 4) is 0 Å². The molecule has 1 N–H and O–H groups in total. The van der Waals surface area contributed by atoms with Crippen LogP contribution in [-0.4, -0.2) is 10.9 Å². The van der Waals surface area contributed by atoms with Crippen LogP contribution in [0.4, 0.5) is 0 Å². The van der Waals surface area contributed by atoms with Gasteiger partial charge in [0.15, 0.2) is 5.78 Å². The van der Waals surface area contributed by atoms with Gasteiger partial charge in [0.2, 0.25) is 0 Å². The molecule has 0 saturated heterocycles. The number of hydrogen-bond donors (Lipinski definition) is 1. The molecule has 39 heavy (non-hydrogen) atoms. The molecule has 201 valence electrons. The molecule has 4 aromatic rings. The Morgan fingerprint density at radius 1 is 0.769 bits per heavy atom. The fraction of sp³-hybridized carbons (Fsp3) is 0.0333. The molecule has 1 atom stereocenters. The number of rotatable bonds is 2. The Bertz CT molecular complexity index is 1980. The molecular formula is C30H23Cl2I3O2SV. The summed E-state index contributed by atoms with van der Waals surface area (Å²) >= 11 is 16.5. The summed E-state index contributed by atoms with van der Waals surface area (Å²) in [6, 6.07) is 5.91. The van der Waals surface area contributed by atoms with E-state index in [1.54, 1.807) is 30.3 Å². The van der Waals surface area contributed by atoms with Crippen LogP contribution in [0.5, 0.6) is 0 Å². The van der Waals surface area contributed by atoms with Crippen LogP contribution in [0.1, 0.15) is 58.0 Å². The molecule has 0 amide bonds. The van der Waals surface area contributed by atoms with Crippen molar-refractivity contribution in [1.29, 1.82) is 0 Å². The van der Waals surface area contributed by atoms with Gasteiger partial charge in [0.1, 0.15) is 0 Å². The first kappa shape index (κ1) is 22.3. The van der Waals surface area contributed by atoms with E-state index in [4.69, 9.17) is 36.9 Å². The number of fused-ring (bicyclic) bond motifs is 2. The quantitative estimate of drug-likeness (QED) is 0.203. The number of halogens is 5. The van der Waals surface area contributed by atoms with Gasteiger partial charge in [-0.2, -0.15) is 13.5 Å². The van der Waals surface area contributed by atoms with Crippen LogP contribution in [0.2, 0.25) is 10.0 Å². The molecule has 0 spiro atoms. The first-order chi connectivity index (χ1) is 22.1. The molecule has 2 nitrogen and oxygen atoms in total. The van der Waals surface area contributed by atoms with Gasteiger partial charge in [-0.3, -0.25) is 4.79 Å². The van der Waals surface area contributed by atoms with E-state index in [9.17, 15) is 9.90 Å². The van der Waals surface area contributed by atoms with Gasteiger partial charge >= 0.3 is 49.4 Å². The predicted molar refractivity (Wildman–Crippen MR) is 193 cm³/mol. The average Bonchev–Trinajstić information content (AvgIpc) is 3.53. The fourth-order valence-electron chi connectivity index (χ4n) is 3.80. The molecule has 0 heterocycles. The molecule has 6 rings (SSSR count). The van der Waals surface area contributed by atoms with E-state index < -0.39 is 42.4 Å². The van der Waals surface area contributed by atoms with Gasteiger partial charge in [-0.1, -0.05) is 95.8 Å². The Balaban J connectivity index is 0.000000304. The first-order valence-electron chi connectivity index (χ1n) is 15.4. The SMILES string of the molecule is I.S.[2H]c1c([2H])c([2H])c(C2=CC(=O)c3cc(Cl)ccc32)c([2H])c1[2H].[2H]c1c([2H])c([2H])c(C2=C[C@H](O)c3cc(Cl)ccc32)c([2H])c1[2H].[I][V][I]. The van der Waals surface area contributed by atoms with Gasteiger partial charge < -0.3 is 5.11 Å². The molecule has 0 bridgehead atoms. The second kappa shape index (κ2) is 17.0. The van der Waals surface area contributed by atoms with E-state index in [0.29, 0.717) is 52.9 Å². The minimum absolute atomic E-state index is 0. The second-order valence-corrected chi connectivity index (χ2v) is 20.1. The fourth-order valence-corrected chi connectivity index (χ4v) is 4.15. The monoisotopic (exact) mass is 959 g/mol. The van der Waals surface area contributed by atoms with Crippen molar-refractivity contribution in [2.75, 3.05) is 0 Å². The van der Waals surface area contributed by atoms with E-state index in [1.165, 1.54) is 18.2 Å². The van der Waals surface area contributed by atoms with Gasteiger partial charge in [0.25, 0.3) is 0 Å². The number of ketones is 1. The van der Waals surface area contributed by atoms with Gasteiger partial charge in [0, 0.05) is 15.6 Å². The van der Waals surface area contributed by atoms with Crippen LogP contribution >= 0.6 is 101 Å². The maximum atomic E-state index is 12.1. The summed E-state index contributed by atoms with van der Waals surface area (Å²) < 4.78 is 78.3. The molecule has 0 radical (unpaired) electrons. The van der Waals surface area contributed by atoms with E-state index in [2.05, 4.69) is 40.0 Å². The Hall–Kier alpha value is -0.306. The van der Waals surface area contributed by atoms with Crippen molar-refractivity contribution in [2.45, 2.75) is 6.10 Å². The molecule has 0 unspecified atom stereocenters. The van der Waals surface area contributed by atoms with Crippen molar-refractivity contribution in [3.05, 3.63) is 152 Å². The van der Waals surface area contributed by atoms with Crippen molar-refractivity contribution in [2.24, 2.45) is 0 Å². The van der Waals surface area contributed by atoms with Gasteiger partial charge in [-0.25, -0.2) is 0 Å². The van der Waals surface area contributed by atoms with Crippen LogP contribution in [0.15, 0.2) is 109 Å². The minimum atomic E-state index is -0.915. The number of aliphatic hydroxyl groups is 1. The Kier molecular flexibility index (Phi) is 9.69. The van der Waals surface area contributed by atoms with Crippen molar-refractivity contribution in [3.63, 3.8) is 0 Å². The molecule has 9 heteroatoms. The first-order valence-corrected chi connectivity index (χ1v) is 20.2. The van der Waals surface area contributed by atoms with Crippen molar-refractivity contribution in [1.82, 2.24) is 0 Å². The molecule has 2 aliphatic carbocycles. The standard InChI is InChI=1S/C15H11ClO.C15H9ClO.3HI.H2S.V/c2*16-11-6-7-12-13(9-15(17)14(12)8-11)10-4-2-1-3-5-10;;;;;/h1-9,15,17H;1-9H;3*1H;1H2;/q;;;;;;+2/p-2/t15-;;;;;;/m0....../s1/i2*1D,2D,3D,4D,5D;;;;;. The maximum absolute atomic E-state index is 12.1. The number of benzene rings is 4. The summed E-state index contributed by atoms with van der Waals surface area (Å²) in [5, 5.41) is 11.0. The number of allylic oxidation sites excluding steroid dienone is 1. The van der Waals surface area contributed by atoms with Crippen LogP contribution < -0.4 is 0 Å². The number of carbonyl (C=O) groups is 1. The zero-order valence-electron chi connectivity index (χ0n) is 29.4. The Labute approximate surface area is 306 Å². The molecule has 4 aromatic carbocycles. The molecule has 0 aromatic heterocycles. The third-order valence-corrected chi connectivity index (χ3v) is 5.77. The summed E-state index contributed by atoms with van der Waals surface area (Å²) in [6.45, 7) is 0. The summed E-state index contributed by atoms with van der Waals surface area (Å²) in [4.78, 5) is 12.1. The van der Waals surface area contributed by atoms with Gasteiger partial charge in [-0.15, -0.1) is 24.0 Å². The average molecular weight is 960 g/mol. The molecule has 2 aliphatic rings. The van der Waals surface area contributed by atoms with Crippen LogP contribution in [-0.2, 0) is 9.47 Å². The van der Waals surface area contributed by atoms with E-state index in [0.717, 1.165) is 0 Å². The molecule has 0 saturated carbocycles. The van der Waals surface area contributed by atoms with Crippen molar-refractivity contribution < 1.29 is 33.1 Å². The second-order valence-electron chi connectivity index (χ2n) is 7.43. The van der Waals surface area contributed by atoms with Gasteiger partial charge in [-0.05, 0) is 75.4 Å². The summed E-state index contributed by atoms with van der Waals surface area (Å²) in [6.07, 6.45) is 1.85. The van der Waals surface area contributed by atoms with E-state index in [1.807, 2.05) is 0 Å². The summed E-state index contributed by atoms with van der Waals surface area (Å²) in [5.41, 5.74) is 2.95. The predicted octanol–water partition coefficient (Wildman–Crippen LogP) is 10.3. The molecular weight excluding hydrogens is 927 g/mol. The van der Waals surface area contributed by atoms with Gasteiger partial charge in [0.05, 0.1) is 19.8 Å². The third-order valence-electron chi connectivity index (χ3n) is 5.30. The zero-order valence-corrected chi connectivity index (χ0v) is 30.0. The molecule has 0 aliphatic heterocycles. The third kappa shape index (κ3) is 8.84. The van der Waals surface area contributed by atoms with Crippen LogP contribution in [0, 0.1) is 0 Å². The zero-order chi connectivity index (χ0) is 35.1. The number of aliphatic hydroxyl groups excluding tert-OH is 1. The number of hydrogen-bond acceptors (Lipinski definition) is 2. The van der Waals surface area contributed by atoms with Crippen LogP contribution in [0.25, 0.3) is 11.1 Å². The normalized spacial score (nSPS) is 17.6. The summed E-state index contributed by atoms with van der Waals surface area (Å²) in [7, 11) is 0.628. The van der Waals surface area contributed by atoms with E-state index >= 15 is 0 Å². The Morgan fingerprint density at radius 3 is 1.82 bits per heavy atom. The van der Waals surface area contributed by atoms with Crippen molar-refractivity contribution >= 4 is 118 Å². The molecule has 0 fully saturated rings. The number of carbonyl (C=O) groups excluding carboxylic acids is 1. The Morgan fingerprint density at radius 2 is 1.26 bits per heavy atom. The van der Waals surface area contributed by atoms with Crippen LogP contribution in [0.3, 0.4) is 0 Å². The van der Waals surface area contributed by atoms with E-state index in [-0.39, 0.29) is 78.6 Å². The topological polar surface area (TPSA) is 37.3 Å². The summed E-state index contributed by atoms with van der Waals surface area (Å²) in [5.74, 6) is -0.292.